The predicted molar refractivity (Wildman–Crippen MR) is 117 cm³/mol. The summed E-state index contributed by atoms with van der Waals surface area (Å²) in [6.45, 7) is 4.28. The first-order valence-electron chi connectivity index (χ1n) is 10.3. The smallest absolute Gasteiger partial charge is 0.268 e. The zero-order valence-corrected chi connectivity index (χ0v) is 17.9. The molecule has 33 heavy (non-hydrogen) atoms. The second kappa shape index (κ2) is 8.30. The summed E-state index contributed by atoms with van der Waals surface area (Å²) in [6.07, 6.45) is 1.50. The molecule has 3 aromatic heterocycles. The summed E-state index contributed by atoms with van der Waals surface area (Å²) >= 11 is 0. The minimum Gasteiger partial charge on any atom is -0.486 e. The second-order valence-electron chi connectivity index (χ2n) is 7.52. The van der Waals surface area contributed by atoms with Gasteiger partial charge in [-0.3, -0.25) is 9.59 Å². The molecule has 0 aliphatic carbocycles. The van der Waals surface area contributed by atoms with Crippen molar-refractivity contribution in [2.24, 2.45) is 0 Å². The van der Waals surface area contributed by atoms with Gasteiger partial charge in [0.1, 0.15) is 24.9 Å². The fourth-order valence-corrected chi connectivity index (χ4v) is 3.50. The summed E-state index contributed by atoms with van der Waals surface area (Å²) in [5.74, 6) is 1.55. The van der Waals surface area contributed by atoms with E-state index in [1.54, 1.807) is 50.2 Å². The number of aromatic nitrogens is 3. The van der Waals surface area contributed by atoms with E-state index in [4.69, 9.17) is 18.4 Å². The number of carbonyl (C=O) groups is 1. The van der Waals surface area contributed by atoms with E-state index < -0.39 is 17.5 Å². The van der Waals surface area contributed by atoms with Crippen LogP contribution in [0.2, 0.25) is 0 Å². The molecule has 4 heterocycles. The highest BCUT2D eigenvalue weighted by Gasteiger charge is 2.24. The van der Waals surface area contributed by atoms with Crippen LogP contribution in [0.4, 0.5) is 5.69 Å². The van der Waals surface area contributed by atoms with Gasteiger partial charge in [-0.25, -0.2) is 4.68 Å². The SMILES string of the molecule is Cc1cc(-c2cc(=O)n([C@H](C)C(=O)Nc3ccc4c(c3)OCCO4)nc2-c2ccco2)on1. The Labute approximate surface area is 187 Å². The number of rotatable bonds is 5. The second-order valence-corrected chi connectivity index (χ2v) is 7.52. The Morgan fingerprint density at radius 1 is 1.09 bits per heavy atom. The van der Waals surface area contributed by atoms with Crippen LogP contribution in [0.5, 0.6) is 11.5 Å². The van der Waals surface area contributed by atoms with E-state index in [1.807, 2.05) is 0 Å². The third-order valence-corrected chi connectivity index (χ3v) is 5.16. The maximum absolute atomic E-state index is 13.0. The molecule has 168 valence electrons. The molecule has 5 rings (SSSR count). The Morgan fingerprint density at radius 3 is 2.64 bits per heavy atom. The van der Waals surface area contributed by atoms with Crippen molar-refractivity contribution in [2.75, 3.05) is 18.5 Å². The van der Waals surface area contributed by atoms with Crippen LogP contribution in [0.15, 0.2) is 62.5 Å². The Kier molecular flexibility index (Phi) is 5.17. The Hall–Kier alpha value is -4.34. The molecule has 0 unspecified atom stereocenters. The molecule has 1 N–H and O–H groups in total. The molecule has 1 aliphatic rings. The lowest BCUT2D eigenvalue weighted by atomic mass is 10.1. The quantitative estimate of drug-likeness (QED) is 0.493. The third-order valence-electron chi connectivity index (χ3n) is 5.16. The number of hydrogen-bond acceptors (Lipinski definition) is 8. The van der Waals surface area contributed by atoms with Gasteiger partial charge in [0.2, 0.25) is 5.91 Å². The summed E-state index contributed by atoms with van der Waals surface area (Å²) in [6, 6.07) is 10.7. The largest absolute Gasteiger partial charge is 0.486 e. The number of furan rings is 1. The molecule has 1 amide bonds. The molecule has 1 aliphatic heterocycles. The molecule has 0 saturated heterocycles. The maximum atomic E-state index is 13.0. The number of anilines is 1. The summed E-state index contributed by atoms with van der Waals surface area (Å²) < 4.78 is 23.0. The van der Waals surface area contributed by atoms with Gasteiger partial charge in [-0.15, -0.1) is 0 Å². The standard InChI is InChI=1S/C23H20N4O6/c1-13-10-19(33-26-13)16-12-21(28)27(25-22(16)18-4-3-7-30-18)14(2)23(29)24-15-5-6-17-20(11-15)32-9-8-31-17/h3-7,10-12,14H,8-9H2,1-2H3,(H,24,29)/t14-/m1/s1. The summed E-state index contributed by atoms with van der Waals surface area (Å²) in [5, 5.41) is 11.1. The van der Waals surface area contributed by atoms with E-state index in [1.165, 1.54) is 12.3 Å². The van der Waals surface area contributed by atoms with Gasteiger partial charge >= 0.3 is 0 Å². The zero-order valence-electron chi connectivity index (χ0n) is 17.9. The zero-order chi connectivity index (χ0) is 22.9. The number of amides is 1. The van der Waals surface area contributed by atoms with Crippen LogP contribution in [0.1, 0.15) is 18.7 Å². The van der Waals surface area contributed by atoms with Crippen molar-refractivity contribution in [1.29, 1.82) is 0 Å². The molecule has 10 nitrogen and oxygen atoms in total. The van der Waals surface area contributed by atoms with E-state index in [0.717, 1.165) is 4.68 Å². The number of nitrogens with one attached hydrogen (secondary N) is 1. The minimum atomic E-state index is -0.912. The summed E-state index contributed by atoms with van der Waals surface area (Å²) in [7, 11) is 0. The molecular weight excluding hydrogens is 428 g/mol. The summed E-state index contributed by atoms with van der Waals surface area (Å²) in [5.41, 5.74) is 1.48. The van der Waals surface area contributed by atoms with Gasteiger partial charge in [0.15, 0.2) is 23.0 Å². The van der Waals surface area contributed by atoms with Gasteiger partial charge in [0, 0.05) is 23.9 Å². The fraction of sp³-hybridized carbons (Fsp3) is 0.217. The highest BCUT2D eigenvalue weighted by atomic mass is 16.6. The van der Waals surface area contributed by atoms with Gasteiger partial charge in [0.25, 0.3) is 5.56 Å². The van der Waals surface area contributed by atoms with Gasteiger partial charge < -0.3 is 23.7 Å². The van der Waals surface area contributed by atoms with E-state index >= 15 is 0 Å². The van der Waals surface area contributed by atoms with Crippen LogP contribution in [0.25, 0.3) is 22.8 Å². The van der Waals surface area contributed by atoms with E-state index in [2.05, 4.69) is 15.6 Å². The monoisotopic (exact) mass is 448 g/mol. The molecule has 0 bridgehead atoms. The van der Waals surface area contributed by atoms with Gasteiger partial charge in [-0.1, -0.05) is 5.16 Å². The topological polar surface area (TPSA) is 122 Å². The molecule has 1 atom stereocenters. The van der Waals surface area contributed by atoms with Crippen LogP contribution in [-0.4, -0.2) is 34.1 Å². The molecule has 4 aromatic rings. The van der Waals surface area contributed by atoms with Crippen molar-refractivity contribution in [2.45, 2.75) is 19.9 Å². The maximum Gasteiger partial charge on any atom is 0.268 e. The van der Waals surface area contributed by atoms with Crippen molar-refractivity contribution >= 4 is 11.6 Å². The number of benzene rings is 1. The van der Waals surface area contributed by atoms with Crippen molar-refractivity contribution in [3.05, 3.63) is 64.8 Å². The minimum absolute atomic E-state index is 0.356. The molecule has 1 aromatic carbocycles. The highest BCUT2D eigenvalue weighted by molar-refractivity contribution is 5.93. The Bertz CT molecular complexity index is 1370. The van der Waals surface area contributed by atoms with Crippen molar-refractivity contribution < 1.29 is 23.2 Å². The number of hydrogen-bond donors (Lipinski definition) is 1. The normalized spacial score (nSPS) is 13.5. The van der Waals surface area contributed by atoms with Crippen LogP contribution < -0.4 is 20.3 Å². The lowest BCUT2D eigenvalue weighted by molar-refractivity contribution is -0.119. The molecule has 0 radical (unpaired) electrons. The van der Waals surface area contributed by atoms with Crippen molar-refractivity contribution in [3.63, 3.8) is 0 Å². The molecular formula is C23H20N4O6. The van der Waals surface area contributed by atoms with Crippen LogP contribution in [0.3, 0.4) is 0 Å². The first kappa shape index (κ1) is 20.6. The number of ether oxygens (including phenoxy) is 2. The first-order chi connectivity index (χ1) is 16.0. The number of fused-ring (bicyclic) bond motifs is 1. The van der Waals surface area contributed by atoms with Crippen LogP contribution in [0, 0.1) is 6.92 Å². The highest BCUT2D eigenvalue weighted by Crippen LogP contribution is 2.33. The van der Waals surface area contributed by atoms with E-state index in [0.29, 0.717) is 58.9 Å². The number of nitrogens with zero attached hydrogens (tertiary/aromatic N) is 3. The van der Waals surface area contributed by atoms with E-state index in [9.17, 15) is 9.59 Å². The van der Waals surface area contributed by atoms with Gasteiger partial charge in [-0.2, -0.15) is 5.10 Å². The van der Waals surface area contributed by atoms with Crippen LogP contribution in [-0.2, 0) is 4.79 Å². The van der Waals surface area contributed by atoms with Crippen LogP contribution >= 0.6 is 0 Å². The molecule has 0 spiro atoms. The Morgan fingerprint density at radius 2 is 1.91 bits per heavy atom. The van der Waals surface area contributed by atoms with Crippen molar-refractivity contribution in [3.8, 4) is 34.3 Å². The van der Waals surface area contributed by atoms with Gasteiger partial charge in [-0.05, 0) is 38.1 Å². The average molecular weight is 448 g/mol. The predicted octanol–water partition coefficient (Wildman–Crippen LogP) is 3.44. The fourth-order valence-electron chi connectivity index (χ4n) is 3.50. The molecule has 10 heteroatoms. The Balaban J connectivity index is 1.47. The number of carbonyl (C=O) groups excluding carboxylic acids is 1. The van der Waals surface area contributed by atoms with Gasteiger partial charge in [0.05, 0.1) is 17.5 Å². The van der Waals surface area contributed by atoms with E-state index in [-0.39, 0.29) is 0 Å². The van der Waals surface area contributed by atoms with Crippen molar-refractivity contribution in [1.82, 2.24) is 14.9 Å². The third kappa shape index (κ3) is 3.98. The summed E-state index contributed by atoms with van der Waals surface area (Å²) in [4.78, 5) is 25.9. The molecule has 0 saturated carbocycles. The molecule has 0 fully saturated rings. The lowest BCUT2D eigenvalue weighted by Crippen LogP contribution is -2.33. The lowest BCUT2D eigenvalue weighted by Gasteiger charge is -2.20. The number of aryl methyl sites for hydroxylation is 1. The first-order valence-corrected chi connectivity index (χ1v) is 10.3. The average Bonchev–Trinajstić information content (AvgIpc) is 3.50.